The van der Waals surface area contributed by atoms with Gasteiger partial charge in [0.15, 0.2) is 11.8 Å². The van der Waals surface area contributed by atoms with Gasteiger partial charge in [0, 0.05) is 50.8 Å². The van der Waals surface area contributed by atoms with Crippen LogP contribution in [0.15, 0.2) is 21.9 Å². The second-order valence-electron chi connectivity index (χ2n) is 7.29. The molecule has 2 aromatic rings. The van der Waals surface area contributed by atoms with E-state index in [1.807, 2.05) is 19.4 Å². The lowest BCUT2D eigenvalue weighted by Gasteiger charge is -2.34. The van der Waals surface area contributed by atoms with Crippen LogP contribution in [-0.4, -0.2) is 63.6 Å². The molecule has 10 heteroatoms. The summed E-state index contributed by atoms with van der Waals surface area (Å²) in [5.74, 6) is 2.66. The molecule has 2 aromatic heterocycles. The maximum absolute atomic E-state index is 5.94. The quantitative estimate of drug-likeness (QED) is 0.261. The Labute approximate surface area is 189 Å². The van der Waals surface area contributed by atoms with Gasteiger partial charge >= 0.3 is 0 Å². The molecule has 162 valence electrons. The number of aryl methyl sites for hydroxylation is 2. The molecule has 1 saturated heterocycles. The summed E-state index contributed by atoms with van der Waals surface area (Å²) in [7, 11) is 1.92. The van der Waals surface area contributed by atoms with Gasteiger partial charge in [0.1, 0.15) is 6.10 Å². The summed E-state index contributed by atoms with van der Waals surface area (Å²) >= 11 is 0. The fraction of sp³-hybridized carbons (Fsp3) is 0.684. The van der Waals surface area contributed by atoms with E-state index in [1.165, 1.54) is 0 Å². The van der Waals surface area contributed by atoms with Crippen LogP contribution >= 0.6 is 24.0 Å². The predicted molar refractivity (Wildman–Crippen MR) is 122 cm³/mol. The van der Waals surface area contributed by atoms with E-state index in [1.54, 1.807) is 4.68 Å². The Hall–Kier alpha value is -1.69. The van der Waals surface area contributed by atoms with Crippen molar-refractivity contribution >= 4 is 29.9 Å². The van der Waals surface area contributed by atoms with Gasteiger partial charge in [-0.05, 0) is 13.3 Å². The Kier molecular flexibility index (Phi) is 9.34. The molecule has 1 N–H and O–H groups in total. The first-order valence-electron chi connectivity index (χ1n) is 10.0. The highest BCUT2D eigenvalue weighted by Crippen LogP contribution is 2.21. The Bertz CT molecular complexity index is 774. The number of guanidine groups is 1. The molecule has 0 bridgehead atoms. The van der Waals surface area contributed by atoms with Gasteiger partial charge in [-0.25, -0.2) is 0 Å². The number of rotatable bonds is 7. The average molecular weight is 517 g/mol. The zero-order valence-corrected chi connectivity index (χ0v) is 20.0. The molecule has 0 radical (unpaired) electrons. The predicted octanol–water partition coefficient (Wildman–Crippen LogP) is 2.52. The molecule has 29 heavy (non-hydrogen) atoms. The van der Waals surface area contributed by atoms with Crippen LogP contribution in [0.2, 0.25) is 0 Å². The van der Waals surface area contributed by atoms with Crippen LogP contribution in [-0.2, 0) is 18.2 Å². The molecule has 0 amide bonds. The number of aliphatic imine (C=N–C) groups is 1. The van der Waals surface area contributed by atoms with Crippen molar-refractivity contribution in [2.45, 2.75) is 45.6 Å². The highest BCUT2D eigenvalue weighted by molar-refractivity contribution is 14.0. The first kappa shape index (κ1) is 23.6. The number of ether oxygens (including phenoxy) is 1. The van der Waals surface area contributed by atoms with Gasteiger partial charge in [-0.2, -0.15) is 10.1 Å². The lowest BCUT2D eigenvalue weighted by molar-refractivity contribution is -0.00804. The largest absolute Gasteiger partial charge is 0.370 e. The van der Waals surface area contributed by atoms with Crippen LogP contribution in [0.4, 0.5) is 0 Å². The summed E-state index contributed by atoms with van der Waals surface area (Å²) in [4.78, 5) is 11.5. The van der Waals surface area contributed by atoms with Crippen molar-refractivity contribution in [3.8, 4) is 0 Å². The Morgan fingerprint density at radius 3 is 2.90 bits per heavy atom. The third-order valence-corrected chi connectivity index (χ3v) is 4.61. The Morgan fingerprint density at radius 1 is 1.41 bits per heavy atom. The van der Waals surface area contributed by atoms with Crippen LogP contribution in [0.5, 0.6) is 0 Å². The number of nitrogens with one attached hydrogen (secondary N) is 1. The fourth-order valence-corrected chi connectivity index (χ4v) is 3.09. The van der Waals surface area contributed by atoms with E-state index in [9.17, 15) is 0 Å². The van der Waals surface area contributed by atoms with Crippen LogP contribution in [0.1, 0.15) is 56.5 Å². The number of nitrogens with zero attached hydrogens (tertiary/aromatic N) is 6. The number of hydrogen-bond donors (Lipinski definition) is 1. The van der Waals surface area contributed by atoms with Crippen molar-refractivity contribution in [3.05, 3.63) is 29.7 Å². The van der Waals surface area contributed by atoms with Crippen molar-refractivity contribution < 1.29 is 9.26 Å². The maximum atomic E-state index is 5.94. The van der Waals surface area contributed by atoms with Crippen molar-refractivity contribution in [1.82, 2.24) is 30.1 Å². The van der Waals surface area contributed by atoms with Gasteiger partial charge in [-0.15, -0.1) is 24.0 Å². The SMILES string of the molecule is CCNC(=NCCCc1nc(C(C)C)no1)N1CCOC(c2cnn(C)c2)C1.I. The molecular formula is C19H32IN7O2. The van der Waals surface area contributed by atoms with E-state index < -0.39 is 0 Å². The second-order valence-corrected chi connectivity index (χ2v) is 7.29. The summed E-state index contributed by atoms with van der Waals surface area (Å²) in [5.41, 5.74) is 1.10. The third-order valence-electron chi connectivity index (χ3n) is 4.61. The van der Waals surface area contributed by atoms with Gasteiger partial charge in [0.05, 0.1) is 19.3 Å². The summed E-state index contributed by atoms with van der Waals surface area (Å²) in [6.45, 7) is 9.99. The van der Waals surface area contributed by atoms with E-state index in [2.05, 4.69) is 46.2 Å². The summed E-state index contributed by atoms with van der Waals surface area (Å²) < 4.78 is 13.0. The highest BCUT2D eigenvalue weighted by atomic mass is 127. The minimum absolute atomic E-state index is 0. The van der Waals surface area contributed by atoms with Crippen LogP contribution in [0.25, 0.3) is 0 Å². The monoisotopic (exact) mass is 517 g/mol. The van der Waals surface area contributed by atoms with Crippen LogP contribution in [0, 0.1) is 0 Å². The van der Waals surface area contributed by atoms with Crippen molar-refractivity contribution in [2.24, 2.45) is 12.0 Å². The van der Waals surface area contributed by atoms with E-state index in [-0.39, 0.29) is 36.0 Å². The molecule has 0 aromatic carbocycles. The van der Waals surface area contributed by atoms with Crippen molar-refractivity contribution in [3.63, 3.8) is 0 Å². The number of morpholine rings is 1. The van der Waals surface area contributed by atoms with Gasteiger partial charge in [-0.1, -0.05) is 19.0 Å². The summed E-state index contributed by atoms with van der Waals surface area (Å²) in [5, 5.41) is 11.7. The molecular weight excluding hydrogens is 485 g/mol. The lowest BCUT2D eigenvalue weighted by Crippen LogP contribution is -2.48. The highest BCUT2D eigenvalue weighted by Gasteiger charge is 2.25. The average Bonchev–Trinajstić information content (AvgIpc) is 3.33. The molecule has 1 fully saturated rings. The minimum Gasteiger partial charge on any atom is -0.370 e. The zero-order valence-electron chi connectivity index (χ0n) is 17.7. The summed E-state index contributed by atoms with van der Waals surface area (Å²) in [6, 6.07) is 0. The van der Waals surface area contributed by atoms with Crippen molar-refractivity contribution in [2.75, 3.05) is 32.8 Å². The molecule has 1 atom stereocenters. The van der Waals surface area contributed by atoms with E-state index >= 15 is 0 Å². The molecule has 3 rings (SSSR count). The van der Waals surface area contributed by atoms with Crippen LogP contribution < -0.4 is 5.32 Å². The van der Waals surface area contributed by atoms with E-state index in [4.69, 9.17) is 14.3 Å². The lowest BCUT2D eigenvalue weighted by atomic mass is 10.1. The smallest absolute Gasteiger partial charge is 0.226 e. The van der Waals surface area contributed by atoms with E-state index in [0.717, 1.165) is 49.8 Å². The Balaban J connectivity index is 0.00000300. The molecule has 1 aliphatic rings. The van der Waals surface area contributed by atoms with Crippen molar-refractivity contribution in [1.29, 1.82) is 0 Å². The Morgan fingerprint density at radius 2 is 2.24 bits per heavy atom. The first-order chi connectivity index (χ1) is 13.6. The topological polar surface area (TPSA) is 93.6 Å². The summed E-state index contributed by atoms with van der Waals surface area (Å²) in [6.07, 6.45) is 5.50. The van der Waals surface area contributed by atoms with Gasteiger partial charge < -0.3 is 19.5 Å². The standard InChI is InChI=1S/C19H31N7O2.HI/c1-5-20-19(21-8-6-7-17-23-18(14(2)3)24-28-17)26-9-10-27-16(13-26)15-11-22-25(4)12-15;/h11-12,14,16H,5-10,13H2,1-4H3,(H,20,21);1H. The second kappa shape index (κ2) is 11.5. The van der Waals surface area contributed by atoms with Crippen LogP contribution in [0.3, 0.4) is 0 Å². The first-order valence-corrected chi connectivity index (χ1v) is 10.0. The molecule has 0 saturated carbocycles. The molecule has 0 aliphatic carbocycles. The maximum Gasteiger partial charge on any atom is 0.226 e. The minimum atomic E-state index is 0. The zero-order chi connectivity index (χ0) is 19.9. The molecule has 1 aliphatic heterocycles. The molecule has 0 spiro atoms. The number of halogens is 1. The third kappa shape index (κ3) is 6.66. The van der Waals surface area contributed by atoms with E-state index in [0.29, 0.717) is 19.0 Å². The van der Waals surface area contributed by atoms with Gasteiger partial charge in [0.25, 0.3) is 0 Å². The normalized spacial score (nSPS) is 17.5. The molecule has 9 nitrogen and oxygen atoms in total. The molecule has 1 unspecified atom stereocenters. The molecule has 3 heterocycles. The number of hydrogen-bond acceptors (Lipinski definition) is 6. The fourth-order valence-electron chi connectivity index (χ4n) is 3.09. The van der Waals surface area contributed by atoms with Gasteiger partial charge in [0.2, 0.25) is 5.89 Å². The van der Waals surface area contributed by atoms with Gasteiger partial charge in [-0.3, -0.25) is 9.67 Å². The number of aromatic nitrogens is 4.